The summed E-state index contributed by atoms with van der Waals surface area (Å²) >= 11 is 0. The van der Waals surface area contributed by atoms with Gasteiger partial charge in [0.2, 0.25) is 0 Å². The Balaban J connectivity index is 1.59. The summed E-state index contributed by atoms with van der Waals surface area (Å²) in [6.07, 6.45) is 3.85. The van der Waals surface area contributed by atoms with Crippen LogP contribution in [0, 0.1) is 17.2 Å². The van der Waals surface area contributed by atoms with E-state index in [2.05, 4.69) is 33.2 Å². The molecule has 1 aromatic carbocycles. The minimum absolute atomic E-state index is 0.0858. The van der Waals surface area contributed by atoms with Crippen LogP contribution in [0.5, 0.6) is 0 Å². The predicted octanol–water partition coefficient (Wildman–Crippen LogP) is 5.02. The van der Waals surface area contributed by atoms with Crippen LogP contribution in [0.1, 0.15) is 57.7 Å². The summed E-state index contributed by atoms with van der Waals surface area (Å²) < 4.78 is 1.58. The number of hydrogen-bond acceptors (Lipinski definition) is 6. The Morgan fingerprint density at radius 3 is 2.46 bits per heavy atom. The van der Waals surface area contributed by atoms with Crippen molar-refractivity contribution in [1.29, 1.82) is 5.26 Å². The number of rotatable bonds is 5. The van der Waals surface area contributed by atoms with Crippen molar-refractivity contribution in [2.45, 2.75) is 58.1 Å². The summed E-state index contributed by atoms with van der Waals surface area (Å²) in [5.41, 5.74) is 4.19. The second kappa shape index (κ2) is 9.91. The van der Waals surface area contributed by atoms with Gasteiger partial charge in [0.15, 0.2) is 0 Å². The number of benzene rings is 1. The van der Waals surface area contributed by atoms with Crippen molar-refractivity contribution in [3.63, 3.8) is 0 Å². The second-order valence-electron chi connectivity index (χ2n) is 10.3. The Hall–Kier alpha value is -3.66. The smallest absolute Gasteiger partial charge is 0.252 e. The lowest BCUT2D eigenvalue weighted by atomic mass is 9.80. The first kappa shape index (κ1) is 24.5. The molecule has 2 aromatic heterocycles. The SMILES string of the molecule is Cn1c(=O)cc(N(C)[C@H]2CC[C@@H](/C(=N/OC(C)(C)C)c3ccccc3)CC2)c2nc(C#N)ccc21. The summed E-state index contributed by atoms with van der Waals surface area (Å²) in [4.78, 5) is 25.2. The molecule has 1 aliphatic carbocycles. The Morgan fingerprint density at radius 1 is 1.14 bits per heavy atom. The molecule has 0 aliphatic heterocycles. The monoisotopic (exact) mass is 471 g/mol. The first-order valence-electron chi connectivity index (χ1n) is 12.1. The zero-order chi connectivity index (χ0) is 25.2. The number of nitriles is 1. The van der Waals surface area contributed by atoms with Crippen LogP contribution in [0.3, 0.4) is 0 Å². The number of hydrogen-bond donors (Lipinski definition) is 0. The Bertz CT molecular complexity index is 1320. The van der Waals surface area contributed by atoms with E-state index >= 15 is 0 Å². The summed E-state index contributed by atoms with van der Waals surface area (Å²) in [6.45, 7) is 6.02. The highest BCUT2D eigenvalue weighted by atomic mass is 16.6. The molecule has 0 spiro atoms. The Labute approximate surface area is 206 Å². The zero-order valence-corrected chi connectivity index (χ0v) is 21.2. The Kier molecular flexibility index (Phi) is 6.93. The molecule has 3 aromatic rings. The Morgan fingerprint density at radius 2 is 1.83 bits per heavy atom. The predicted molar refractivity (Wildman–Crippen MR) is 140 cm³/mol. The van der Waals surface area contributed by atoms with Gasteiger partial charge in [-0.3, -0.25) is 4.79 Å². The number of anilines is 1. The lowest BCUT2D eigenvalue weighted by molar-refractivity contribution is -0.0000286. The van der Waals surface area contributed by atoms with Gasteiger partial charge in [0, 0.05) is 32.1 Å². The normalized spacial score (nSPS) is 18.8. The standard InChI is InChI=1S/C28H33N5O2/c1-28(2,3)35-31-26(19-9-7-6-8-10-19)20-11-14-22(15-12-20)32(4)24-17-25(34)33(5)23-16-13-21(18-29)30-27(23)24/h6-10,13,16-17,20,22H,11-12,14-15H2,1-5H3/b31-26+/t20-,22+. The highest BCUT2D eigenvalue weighted by molar-refractivity contribution is 6.02. The average Bonchev–Trinajstić information content (AvgIpc) is 2.86. The van der Waals surface area contributed by atoms with Gasteiger partial charge in [0.05, 0.1) is 16.9 Å². The molecule has 0 saturated heterocycles. The van der Waals surface area contributed by atoms with Crippen LogP contribution in [0.2, 0.25) is 0 Å². The highest BCUT2D eigenvalue weighted by Gasteiger charge is 2.30. The van der Waals surface area contributed by atoms with Crippen molar-refractivity contribution >= 4 is 22.4 Å². The van der Waals surface area contributed by atoms with E-state index in [-0.39, 0.29) is 17.2 Å². The van der Waals surface area contributed by atoms with Crippen LogP contribution < -0.4 is 10.5 Å². The second-order valence-corrected chi connectivity index (χ2v) is 10.3. The number of fused-ring (bicyclic) bond motifs is 1. The lowest BCUT2D eigenvalue weighted by Crippen LogP contribution is -2.38. The van der Waals surface area contributed by atoms with E-state index in [4.69, 9.17) is 4.84 Å². The van der Waals surface area contributed by atoms with E-state index < -0.39 is 0 Å². The molecular formula is C28H33N5O2. The molecular weight excluding hydrogens is 438 g/mol. The number of nitrogens with zero attached hydrogens (tertiary/aromatic N) is 5. The van der Waals surface area contributed by atoms with Gasteiger partial charge in [-0.15, -0.1) is 0 Å². The molecule has 4 rings (SSSR count). The van der Waals surface area contributed by atoms with Gasteiger partial charge in [-0.1, -0.05) is 35.5 Å². The molecule has 0 unspecified atom stereocenters. The van der Waals surface area contributed by atoms with Gasteiger partial charge >= 0.3 is 0 Å². The molecule has 0 radical (unpaired) electrons. The van der Waals surface area contributed by atoms with Gasteiger partial charge < -0.3 is 14.3 Å². The molecule has 1 fully saturated rings. The van der Waals surface area contributed by atoms with E-state index in [1.807, 2.05) is 46.0 Å². The molecule has 0 N–H and O–H groups in total. The zero-order valence-electron chi connectivity index (χ0n) is 21.2. The third-order valence-corrected chi connectivity index (χ3v) is 6.68. The van der Waals surface area contributed by atoms with Crippen molar-refractivity contribution in [3.8, 4) is 6.07 Å². The fourth-order valence-corrected chi connectivity index (χ4v) is 4.73. The van der Waals surface area contributed by atoms with E-state index in [0.29, 0.717) is 17.1 Å². The summed E-state index contributed by atoms with van der Waals surface area (Å²) in [7, 11) is 3.76. The molecule has 7 nitrogen and oxygen atoms in total. The molecule has 35 heavy (non-hydrogen) atoms. The minimum atomic E-state index is -0.354. The fraction of sp³-hybridized carbons (Fsp3) is 0.429. The molecule has 7 heteroatoms. The largest absolute Gasteiger partial charge is 0.390 e. The van der Waals surface area contributed by atoms with Crippen LogP contribution in [-0.2, 0) is 11.9 Å². The van der Waals surface area contributed by atoms with Crippen molar-refractivity contribution in [3.05, 3.63) is 70.1 Å². The number of oxime groups is 1. The third kappa shape index (κ3) is 5.37. The van der Waals surface area contributed by atoms with Gasteiger partial charge in [-0.05, 0) is 64.2 Å². The maximum Gasteiger partial charge on any atom is 0.252 e. The molecule has 2 heterocycles. The van der Waals surface area contributed by atoms with Gasteiger partial charge in [0.25, 0.3) is 5.56 Å². The van der Waals surface area contributed by atoms with Crippen molar-refractivity contribution < 1.29 is 4.84 Å². The van der Waals surface area contributed by atoms with Gasteiger partial charge in [0.1, 0.15) is 22.9 Å². The molecule has 0 amide bonds. The van der Waals surface area contributed by atoms with Crippen LogP contribution >= 0.6 is 0 Å². The average molecular weight is 472 g/mol. The van der Waals surface area contributed by atoms with Crippen molar-refractivity contribution in [2.24, 2.45) is 18.1 Å². The number of aromatic nitrogens is 2. The molecule has 0 atom stereocenters. The van der Waals surface area contributed by atoms with E-state index in [9.17, 15) is 10.1 Å². The van der Waals surface area contributed by atoms with E-state index in [1.165, 1.54) is 0 Å². The quantitative estimate of drug-likeness (QED) is 0.385. The summed E-state index contributed by atoms with van der Waals surface area (Å²) in [6, 6.07) is 17.7. The maximum absolute atomic E-state index is 12.7. The molecule has 1 saturated carbocycles. The van der Waals surface area contributed by atoms with Crippen LogP contribution in [0.15, 0.2) is 58.5 Å². The summed E-state index contributed by atoms with van der Waals surface area (Å²) in [5.74, 6) is 0.299. The van der Waals surface area contributed by atoms with E-state index in [1.54, 1.807) is 29.8 Å². The van der Waals surface area contributed by atoms with E-state index in [0.717, 1.165) is 48.2 Å². The van der Waals surface area contributed by atoms with Gasteiger partial charge in [-0.25, -0.2) is 4.98 Å². The highest BCUT2D eigenvalue weighted by Crippen LogP contribution is 2.34. The molecule has 0 bridgehead atoms. The number of pyridine rings is 2. The van der Waals surface area contributed by atoms with Crippen LogP contribution in [0.25, 0.3) is 11.0 Å². The fourth-order valence-electron chi connectivity index (χ4n) is 4.73. The summed E-state index contributed by atoms with van der Waals surface area (Å²) in [5, 5.41) is 14.0. The minimum Gasteiger partial charge on any atom is -0.390 e. The lowest BCUT2D eigenvalue weighted by Gasteiger charge is -2.36. The first-order chi connectivity index (χ1) is 16.7. The van der Waals surface area contributed by atoms with Crippen molar-refractivity contribution in [2.75, 3.05) is 11.9 Å². The third-order valence-electron chi connectivity index (χ3n) is 6.68. The number of aryl methyl sites for hydroxylation is 1. The molecule has 182 valence electrons. The maximum atomic E-state index is 12.7. The van der Waals surface area contributed by atoms with Crippen LogP contribution in [-0.4, -0.2) is 34.0 Å². The van der Waals surface area contributed by atoms with Gasteiger partial charge in [-0.2, -0.15) is 5.26 Å². The molecule has 1 aliphatic rings. The first-order valence-corrected chi connectivity index (χ1v) is 12.1. The van der Waals surface area contributed by atoms with Crippen molar-refractivity contribution in [1.82, 2.24) is 9.55 Å². The topological polar surface area (TPSA) is 83.5 Å². The van der Waals surface area contributed by atoms with Crippen LogP contribution in [0.4, 0.5) is 5.69 Å².